The lowest BCUT2D eigenvalue weighted by atomic mass is 9.99. The summed E-state index contributed by atoms with van der Waals surface area (Å²) < 4.78 is 0. The average molecular weight is 240 g/mol. The molecule has 2 N–H and O–H groups in total. The first-order chi connectivity index (χ1) is 8.84. The molecule has 1 aliphatic rings. The Morgan fingerprint density at radius 3 is 2.83 bits per heavy atom. The Morgan fingerprint density at radius 1 is 1.22 bits per heavy atom. The van der Waals surface area contributed by atoms with Crippen LogP contribution in [0.4, 0.5) is 11.5 Å². The number of nitrogens with two attached hydrogens (primary N) is 1. The van der Waals surface area contributed by atoms with Crippen LogP contribution in [0.2, 0.25) is 0 Å². The summed E-state index contributed by atoms with van der Waals surface area (Å²) in [7, 11) is 0. The Balaban J connectivity index is 1.78. The minimum atomic E-state index is 0.570. The predicted octanol–water partition coefficient (Wildman–Crippen LogP) is 2.05. The summed E-state index contributed by atoms with van der Waals surface area (Å²) in [5.74, 6) is 1.43. The van der Waals surface area contributed by atoms with Crippen molar-refractivity contribution in [1.82, 2.24) is 9.97 Å². The molecular formula is C14H16N4. The molecule has 4 nitrogen and oxygen atoms in total. The van der Waals surface area contributed by atoms with E-state index in [9.17, 15) is 0 Å². The molecular weight excluding hydrogens is 224 g/mol. The van der Waals surface area contributed by atoms with Crippen molar-refractivity contribution in [2.24, 2.45) is 0 Å². The van der Waals surface area contributed by atoms with Gasteiger partial charge in [-0.25, -0.2) is 9.97 Å². The Hall–Kier alpha value is -2.10. The van der Waals surface area contributed by atoms with E-state index in [1.54, 1.807) is 12.5 Å². The van der Waals surface area contributed by atoms with E-state index < -0.39 is 0 Å². The number of nitrogens with zero attached hydrogens (tertiary/aromatic N) is 3. The van der Waals surface area contributed by atoms with Gasteiger partial charge in [0, 0.05) is 19.0 Å². The van der Waals surface area contributed by atoms with Crippen molar-refractivity contribution in [3.8, 4) is 0 Å². The highest BCUT2D eigenvalue weighted by Gasteiger charge is 2.25. The topological polar surface area (TPSA) is 55.0 Å². The summed E-state index contributed by atoms with van der Waals surface area (Å²) in [6.07, 6.45) is 4.37. The van der Waals surface area contributed by atoms with Crippen molar-refractivity contribution in [3.63, 3.8) is 0 Å². The molecule has 0 spiro atoms. The zero-order valence-electron chi connectivity index (χ0n) is 10.2. The van der Waals surface area contributed by atoms with Crippen LogP contribution in [0.5, 0.6) is 0 Å². The molecule has 1 fully saturated rings. The Kier molecular flexibility index (Phi) is 2.84. The second kappa shape index (κ2) is 4.64. The molecule has 3 rings (SSSR count). The van der Waals surface area contributed by atoms with E-state index in [1.165, 1.54) is 5.56 Å². The molecule has 1 unspecified atom stereocenters. The van der Waals surface area contributed by atoms with Crippen LogP contribution < -0.4 is 10.6 Å². The number of aromatic nitrogens is 2. The molecule has 0 aliphatic carbocycles. The van der Waals surface area contributed by atoms with E-state index in [1.807, 2.05) is 0 Å². The van der Waals surface area contributed by atoms with Crippen LogP contribution in [0.1, 0.15) is 17.9 Å². The molecule has 1 aromatic heterocycles. The number of nitrogen functional groups attached to an aromatic ring is 1. The van der Waals surface area contributed by atoms with E-state index in [-0.39, 0.29) is 0 Å². The smallest absolute Gasteiger partial charge is 0.155 e. The first kappa shape index (κ1) is 11.0. The minimum absolute atomic E-state index is 0.570. The van der Waals surface area contributed by atoms with Gasteiger partial charge in [0.15, 0.2) is 5.82 Å². The van der Waals surface area contributed by atoms with E-state index >= 15 is 0 Å². The van der Waals surface area contributed by atoms with Gasteiger partial charge in [0.05, 0.1) is 11.9 Å². The van der Waals surface area contributed by atoms with Crippen molar-refractivity contribution in [3.05, 3.63) is 48.4 Å². The largest absolute Gasteiger partial charge is 0.394 e. The first-order valence-corrected chi connectivity index (χ1v) is 6.20. The van der Waals surface area contributed by atoms with Crippen LogP contribution >= 0.6 is 0 Å². The molecule has 2 heterocycles. The highest BCUT2D eigenvalue weighted by Crippen LogP contribution is 2.31. The van der Waals surface area contributed by atoms with Crippen molar-refractivity contribution >= 4 is 11.5 Å². The van der Waals surface area contributed by atoms with Crippen LogP contribution in [-0.4, -0.2) is 23.1 Å². The second-order valence-corrected chi connectivity index (χ2v) is 4.64. The zero-order valence-corrected chi connectivity index (χ0v) is 10.2. The van der Waals surface area contributed by atoms with Crippen LogP contribution in [0.15, 0.2) is 42.9 Å². The molecule has 0 saturated carbocycles. The van der Waals surface area contributed by atoms with Gasteiger partial charge >= 0.3 is 0 Å². The lowest BCUT2D eigenvalue weighted by Gasteiger charge is -2.18. The summed E-state index contributed by atoms with van der Waals surface area (Å²) in [6.45, 7) is 1.98. The molecule has 1 atom stereocenters. The van der Waals surface area contributed by atoms with Gasteiger partial charge in [-0.15, -0.1) is 0 Å². The molecule has 0 bridgehead atoms. The van der Waals surface area contributed by atoms with E-state index in [4.69, 9.17) is 5.73 Å². The summed E-state index contributed by atoms with van der Waals surface area (Å²) in [6, 6.07) is 10.6. The third-order valence-corrected chi connectivity index (χ3v) is 3.48. The van der Waals surface area contributed by atoms with Crippen LogP contribution in [0, 0.1) is 0 Å². The highest BCUT2D eigenvalue weighted by molar-refractivity contribution is 5.61. The molecule has 1 saturated heterocycles. The fourth-order valence-corrected chi connectivity index (χ4v) is 2.55. The van der Waals surface area contributed by atoms with Gasteiger partial charge in [0.2, 0.25) is 0 Å². The van der Waals surface area contributed by atoms with E-state index in [0.717, 1.165) is 25.3 Å². The predicted molar refractivity (Wildman–Crippen MR) is 72.5 cm³/mol. The third-order valence-electron chi connectivity index (χ3n) is 3.48. The maximum Gasteiger partial charge on any atom is 0.155 e. The molecule has 1 aliphatic heterocycles. The van der Waals surface area contributed by atoms with Crippen molar-refractivity contribution in [2.45, 2.75) is 12.3 Å². The molecule has 2 aromatic rings. The number of rotatable bonds is 2. The van der Waals surface area contributed by atoms with E-state index in [2.05, 4.69) is 45.2 Å². The lowest BCUT2D eigenvalue weighted by Crippen LogP contribution is -2.21. The Morgan fingerprint density at radius 2 is 2.06 bits per heavy atom. The summed E-state index contributed by atoms with van der Waals surface area (Å²) in [5.41, 5.74) is 7.97. The molecule has 0 radical (unpaired) electrons. The Labute approximate surface area is 106 Å². The van der Waals surface area contributed by atoms with Gasteiger partial charge in [0.1, 0.15) is 6.33 Å². The summed E-state index contributed by atoms with van der Waals surface area (Å²) in [4.78, 5) is 10.5. The van der Waals surface area contributed by atoms with Gasteiger partial charge in [-0.1, -0.05) is 30.3 Å². The molecule has 0 amide bonds. The van der Waals surface area contributed by atoms with Gasteiger partial charge in [-0.3, -0.25) is 0 Å². The fourth-order valence-electron chi connectivity index (χ4n) is 2.55. The first-order valence-electron chi connectivity index (χ1n) is 6.20. The molecule has 18 heavy (non-hydrogen) atoms. The maximum absolute atomic E-state index is 5.92. The third kappa shape index (κ3) is 2.01. The van der Waals surface area contributed by atoms with Gasteiger partial charge in [0.25, 0.3) is 0 Å². The lowest BCUT2D eigenvalue weighted by molar-refractivity contribution is 0.774. The van der Waals surface area contributed by atoms with Gasteiger partial charge in [-0.05, 0) is 12.0 Å². The molecule has 92 valence electrons. The number of anilines is 2. The SMILES string of the molecule is Nc1cncnc1N1CCC(c2ccccc2)C1. The maximum atomic E-state index is 5.92. The fraction of sp³-hybridized carbons (Fsp3) is 0.286. The minimum Gasteiger partial charge on any atom is -0.394 e. The second-order valence-electron chi connectivity index (χ2n) is 4.64. The molecule has 4 heteroatoms. The highest BCUT2D eigenvalue weighted by atomic mass is 15.2. The van der Waals surface area contributed by atoms with Crippen molar-refractivity contribution in [2.75, 3.05) is 23.7 Å². The average Bonchev–Trinajstić information content (AvgIpc) is 2.90. The monoisotopic (exact) mass is 240 g/mol. The van der Waals surface area contributed by atoms with Crippen LogP contribution in [0.3, 0.4) is 0 Å². The number of benzene rings is 1. The van der Waals surface area contributed by atoms with Gasteiger partial charge in [-0.2, -0.15) is 0 Å². The standard InChI is InChI=1S/C14H16N4/c15-13-8-16-10-17-14(13)18-7-6-12(9-18)11-4-2-1-3-5-11/h1-5,8,10,12H,6-7,9,15H2. The summed E-state index contributed by atoms with van der Waals surface area (Å²) in [5, 5.41) is 0. The Bertz CT molecular complexity index is 526. The normalized spacial score (nSPS) is 19.1. The van der Waals surface area contributed by atoms with Crippen LogP contribution in [0.25, 0.3) is 0 Å². The zero-order chi connectivity index (χ0) is 12.4. The van der Waals surface area contributed by atoms with Crippen molar-refractivity contribution < 1.29 is 0 Å². The summed E-state index contributed by atoms with van der Waals surface area (Å²) >= 11 is 0. The number of hydrogen-bond donors (Lipinski definition) is 1. The van der Waals surface area contributed by atoms with Crippen LogP contribution in [-0.2, 0) is 0 Å². The molecule has 1 aromatic carbocycles. The quantitative estimate of drug-likeness (QED) is 0.873. The van der Waals surface area contributed by atoms with Gasteiger partial charge < -0.3 is 10.6 Å². The van der Waals surface area contributed by atoms with Crippen molar-refractivity contribution in [1.29, 1.82) is 0 Å². The van der Waals surface area contributed by atoms with E-state index in [0.29, 0.717) is 11.6 Å². The number of hydrogen-bond acceptors (Lipinski definition) is 4.